The van der Waals surface area contributed by atoms with Crippen LogP contribution in [0.5, 0.6) is 5.75 Å². The molecule has 2 aromatic carbocycles. The molecule has 0 N–H and O–H groups in total. The first kappa shape index (κ1) is 22.7. The lowest BCUT2D eigenvalue weighted by Gasteiger charge is -2.19. The highest BCUT2D eigenvalue weighted by Crippen LogP contribution is 2.33. The fourth-order valence-corrected chi connectivity index (χ4v) is 3.61. The summed E-state index contributed by atoms with van der Waals surface area (Å²) in [6.45, 7) is 0.981. The Hall–Kier alpha value is -4.47. The minimum Gasteiger partial charge on any atom is -0.497 e. The zero-order chi connectivity index (χ0) is 24.2. The van der Waals surface area contributed by atoms with Gasteiger partial charge >= 0.3 is 5.97 Å². The van der Waals surface area contributed by atoms with Crippen LogP contribution in [0.25, 0.3) is 0 Å². The molecule has 0 bridgehead atoms. The molecule has 0 spiro atoms. The minimum absolute atomic E-state index is 0.0171. The Kier molecular flexibility index (Phi) is 6.39. The van der Waals surface area contributed by atoms with Gasteiger partial charge in [0.1, 0.15) is 17.6 Å². The number of amides is 1. The fraction of sp³-hybridized carbons (Fsp3) is 0.208. The lowest BCUT2D eigenvalue weighted by molar-refractivity contribution is -0.385. The second-order valence-corrected chi connectivity index (χ2v) is 7.58. The molecule has 4 rings (SSSR count). The number of rotatable bonds is 7. The molecule has 0 fully saturated rings. The maximum Gasteiger partial charge on any atom is 0.338 e. The van der Waals surface area contributed by atoms with E-state index in [-0.39, 0.29) is 11.3 Å². The number of ether oxygens (including phenoxy) is 2. The Morgan fingerprint density at radius 2 is 1.97 bits per heavy atom. The van der Waals surface area contributed by atoms with E-state index in [0.717, 1.165) is 11.6 Å². The topological polar surface area (TPSA) is 124 Å². The van der Waals surface area contributed by atoms with Crippen molar-refractivity contribution < 1.29 is 28.4 Å². The maximum absolute atomic E-state index is 13.0. The van der Waals surface area contributed by atoms with Crippen molar-refractivity contribution in [3.05, 3.63) is 93.4 Å². The molecule has 10 nitrogen and oxygen atoms in total. The van der Waals surface area contributed by atoms with E-state index < -0.39 is 29.4 Å². The van der Waals surface area contributed by atoms with E-state index in [1.54, 1.807) is 38.3 Å². The first-order valence-electron chi connectivity index (χ1n) is 10.4. The fourth-order valence-electron chi connectivity index (χ4n) is 3.61. The number of carbonyl (C=O) groups is 2. The number of hydrogen-bond donors (Lipinski definition) is 0. The van der Waals surface area contributed by atoms with Gasteiger partial charge < -0.3 is 13.9 Å². The van der Waals surface area contributed by atoms with E-state index in [1.807, 2.05) is 12.1 Å². The van der Waals surface area contributed by atoms with Crippen LogP contribution < -0.4 is 4.74 Å². The summed E-state index contributed by atoms with van der Waals surface area (Å²) >= 11 is 0. The summed E-state index contributed by atoms with van der Waals surface area (Å²) in [6, 6.07) is 14.2. The molecule has 1 aliphatic rings. The van der Waals surface area contributed by atoms with Gasteiger partial charge in [-0.2, -0.15) is 5.10 Å². The van der Waals surface area contributed by atoms with Crippen LogP contribution >= 0.6 is 0 Å². The van der Waals surface area contributed by atoms with Crippen LogP contribution in [0.3, 0.4) is 0 Å². The third-order valence-electron chi connectivity index (χ3n) is 5.43. The number of hydrazone groups is 1. The number of carbonyl (C=O) groups excluding carboxylic acids is 2. The Morgan fingerprint density at radius 3 is 2.62 bits per heavy atom. The average molecular weight is 463 g/mol. The molecule has 174 valence electrons. The summed E-state index contributed by atoms with van der Waals surface area (Å²) in [4.78, 5) is 35.9. The van der Waals surface area contributed by atoms with Crippen molar-refractivity contribution >= 4 is 23.3 Å². The molecule has 0 radical (unpaired) electrons. The van der Waals surface area contributed by atoms with E-state index in [2.05, 4.69) is 5.10 Å². The molecule has 1 atom stereocenters. The van der Waals surface area contributed by atoms with Crippen molar-refractivity contribution in [3.8, 4) is 5.75 Å². The summed E-state index contributed by atoms with van der Waals surface area (Å²) in [7, 11) is 1.57. The highest BCUT2D eigenvalue weighted by atomic mass is 16.6. The number of furan rings is 1. The van der Waals surface area contributed by atoms with Crippen molar-refractivity contribution in [2.24, 2.45) is 5.10 Å². The van der Waals surface area contributed by atoms with Crippen molar-refractivity contribution in [2.45, 2.75) is 19.4 Å². The predicted octanol–water partition coefficient (Wildman–Crippen LogP) is 4.04. The number of benzene rings is 2. The maximum atomic E-state index is 13.0. The molecule has 10 heteroatoms. The number of hydrogen-bond acceptors (Lipinski definition) is 8. The first-order chi connectivity index (χ1) is 16.4. The summed E-state index contributed by atoms with van der Waals surface area (Å²) in [5.74, 6) is -0.161. The van der Waals surface area contributed by atoms with Gasteiger partial charge in [-0.25, -0.2) is 9.80 Å². The van der Waals surface area contributed by atoms with Gasteiger partial charge in [0.15, 0.2) is 6.61 Å². The summed E-state index contributed by atoms with van der Waals surface area (Å²) < 4.78 is 15.8. The highest BCUT2D eigenvalue weighted by molar-refractivity contribution is 6.03. The zero-order valence-electron chi connectivity index (χ0n) is 18.5. The van der Waals surface area contributed by atoms with Gasteiger partial charge in [-0.15, -0.1) is 0 Å². The van der Waals surface area contributed by atoms with Crippen LogP contribution in [0.15, 0.2) is 70.4 Å². The standard InChI is InChI=1S/C24H21N3O7/c1-15-5-6-17(12-20(15)27(30)31)24(29)34-14-23(28)26-21(22-4-3-11-33-22)13-19(25-26)16-7-9-18(32-2)10-8-16/h3-12,21H,13-14H2,1-2H3. The van der Waals surface area contributed by atoms with Gasteiger partial charge in [-0.3, -0.25) is 14.9 Å². The van der Waals surface area contributed by atoms with E-state index >= 15 is 0 Å². The van der Waals surface area contributed by atoms with Gasteiger partial charge in [0, 0.05) is 18.1 Å². The second-order valence-electron chi connectivity index (χ2n) is 7.58. The number of nitrogens with zero attached hydrogens (tertiary/aromatic N) is 3. The van der Waals surface area contributed by atoms with Gasteiger partial charge in [-0.1, -0.05) is 6.07 Å². The van der Waals surface area contributed by atoms with E-state index in [4.69, 9.17) is 13.9 Å². The second kappa shape index (κ2) is 9.57. The predicted molar refractivity (Wildman–Crippen MR) is 121 cm³/mol. The zero-order valence-corrected chi connectivity index (χ0v) is 18.5. The first-order valence-corrected chi connectivity index (χ1v) is 10.4. The minimum atomic E-state index is -0.843. The molecule has 3 aromatic rings. The largest absolute Gasteiger partial charge is 0.497 e. The number of aryl methyl sites for hydroxylation is 1. The van der Waals surface area contributed by atoms with Crippen molar-refractivity contribution in [1.29, 1.82) is 0 Å². The van der Waals surface area contributed by atoms with E-state index in [9.17, 15) is 19.7 Å². The van der Waals surface area contributed by atoms with Crippen LogP contribution in [0.4, 0.5) is 5.69 Å². The monoisotopic (exact) mass is 463 g/mol. The third kappa shape index (κ3) is 4.65. The Bertz CT molecular complexity index is 1250. The molecular formula is C24H21N3O7. The molecule has 34 heavy (non-hydrogen) atoms. The van der Waals surface area contributed by atoms with Crippen LogP contribution in [-0.4, -0.2) is 41.2 Å². The van der Waals surface area contributed by atoms with Gasteiger partial charge in [0.25, 0.3) is 11.6 Å². The molecule has 2 heterocycles. The molecule has 0 aliphatic carbocycles. The molecule has 1 amide bonds. The normalized spacial score (nSPS) is 15.1. The molecule has 1 unspecified atom stereocenters. The molecular weight excluding hydrogens is 442 g/mol. The van der Waals surface area contributed by atoms with Gasteiger partial charge in [0.05, 0.1) is 29.6 Å². The van der Waals surface area contributed by atoms with Gasteiger partial charge in [0.2, 0.25) is 0 Å². The highest BCUT2D eigenvalue weighted by Gasteiger charge is 2.35. The molecule has 1 aromatic heterocycles. The summed E-state index contributed by atoms with van der Waals surface area (Å²) in [5, 5.41) is 16.8. The van der Waals surface area contributed by atoms with E-state index in [0.29, 0.717) is 29.2 Å². The van der Waals surface area contributed by atoms with Crippen LogP contribution in [0.2, 0.25) is 0 Å². The summed E-state index contributed by atoms with van der Waals surface area (Å²) in [5.41, 5.74) is 1.68. The lowest BCUT2D eigenvalue weighted by Crippen LogP contribution is -2.31. The van der Waals surface area contributed by atoms with Crippen LogP contribution in [-0.2, 0) is 9.53 Å². The number of esters is 1. The summed E-state index contributed by atoms with van der Waals surface area (Å²) in [6.07, 6.45) is 1.91. The van der Waals surface area contributed by atoms with Crippen LogP contribution in [0.1, 0.15) is 39.7 Å². The number of nitro groups is 1. The number of methoxy groups -OCH3 is 1. The van der Waals surface area contributed by atoms with Crippen molar-refractivity contribution in [2.75, 3.05) is 13.7 Å². The quantitative estimate of drug-likeness (QED) is 0.294. The number of nitro benzene ring substituents is 1. The smallest absolute Gasteiger partial charge is 0.338 e. The van der Waals surface area contributed by atoms with Crippen molar-refractivity contribution in [1.82, 2.24) is 5.01 Å². The Labute approximate surface area is 194 Å². The molecule has 0 saturated heterocycles. The SMILES string of the molecule is COc1ccc(C2=NN(C(=O)COC(=O)c3ccc(C)c([N+](=O)[O-])c3)C(c3ccco3)C2)cc1. The lowest BCUT2D eigenvalue weighted by atomic mass is 10.0. The van der Waals surface area contributed by atoms with Gasteiger partial charge in [-0.05, 0) is 55.0 Å². The van der Waals surface area contributed by atoms with E-state index in [1.165, 1.54) is 23.4 Å². The third-order valence-corrected chi connectivity index (χ3v) is 5.43. The molecule has 1 aliphatic heterocycles. The Morgan fingerprint density at radius 1 is 1.21 bits per heavy atom. The van der Waals surface area contributed by atoms with Crippen molar-refractivity contribution in [3.63, 3.8) is 0 Å². The Balaban J connectivity index is 1.51. The molecule has 0 saturated carbocycles. The average Bonchev–Trinajstić information content (AvgIpc) is 3.52. The van der Waals surface area contributed by atoms with Crippen LogP contribution in [0, 0.1) is 17.0 Å².